The molecule has 0 aromatic heterocycles. The fourth-order valence-corrected chi connectivity index (χ4v) is 3.33. The van der Waals surface area contributed by atoms with Gasteiger partial charge in [0.2, 0.25) is 5.91 Å². The van der Waals surface area contributed by atoms with Gasteiger partial charge in [-0.3, -0.25) is 4.79 Å². The summed E-state index contributed by atoms with van der Waals surface area (Å²) in [6.45, 7) is 4.92. The molecular formula is C16H22N2O. The average molecular weight is 258 g/mol. The lowest BCUT2D eigenvalue weighted by atomic mass is 9.76. The van der Waals surface area contributed by atoms with Crippen LogP contribution < -0.4 is 5.32 Å². The lowest BCUT2D eigenvalue weighted by Crippen LogP contribution is -2.50. The summed E-state index contributed by atoms with van der Waals surface area (Å²) in [5.41, 5.74) is 2.60. The molecule has 2 unspecified atom stereocenters. The fourth-order valence-electron chi connectivity index (χ4n) is 3.33. The normalized spacial score (nSPS) is 25.6. The Bertz CT molecular complexity index is 470. The van der Waals surface area contributed by atoms with Crippen molar-refractivity contribution in [2.24, 2.45) is 0 Å². The molecule has 0 bridgehead atoms. The minimum absolute atomic E-state index is 0.122. The van der Waals surface area contributed by atoms with Crippen LogP contribution in [0.1, 0.15) is 36.8 Å². The number of amides is 1. The van der Waals surface area contributed by atoms with E-state index in [4.69, 9.17) is 0 Å². The largest absolute Gasteiger partial charge is 0.341 e. The van der Waals surface area contributed by atoms with E-state index >= 15 is 0 Å². The molecule has 1 heterocycles. The maximum Gasteiger partial charge on any atom is 0.230 e. The SMILES string of the molecule is CCNC1CCCN(C(=O)C2Cc3ccccc32)C1. The van der Waals surface area contributed by atoms with Gasteiger partial charge in [0.15, 0.2) is 0 Å². The van der Waals surface area contributed by atoms with Crippen molar-refractivity contribution in [2.75, 3.05) is 19.6 Å². The van der Waals surface area contributed by atoms with Gasteiger partial charge in [0, 0.05) is 19.1 Å². The number of nitrogens with zero attached hydrogens (tertiary/aromatic N) is 1. The van der Waals surface area contributed by atoms with Gasteiger partial charge in [-0.05, 0) is 36.9 Å². The molecule has 3 nitrogen and oxygen atoms in total. The molecular weight excluding hydrogens is 236 g/mol. The Morgan fingerprint density at radius 2 is 2.26 bits per heavy atom. The Hall–Kier alpha value is -1.35. The molecule has 0 saturated carbocycles. The molecule has 1 aromatic carbocycles. The number of nitrogens with one attached hydrogen (secondary N) is 1. The molecule has 0 spiro atoms. The van der Waals surface area contributed by atoms with Gasteiger partial charge in [0.25, 0.3) is 0 Å². The quantitative estimate of drug-likeness (QED) is 0.898. The number of likely N-dealkylation sites (tertiary alicyclic amines) is 1. The molecule has 1 saturated heterocycles. The average Bonchev–Trinajstić information content (AvgIpc) is 2.41. The van der Waals surface area contributed by atoms with Crippen LogP contribution in [0.15, 0.2) is 24.3 Å². The Kier molecular flexibility index (Phi) is 3.56. The predicted octanol–water partition coefficient (Wildman–Crippen LogP) is 1.93. The molecule has 1 fully saturated rings. The smallest absolute Gasteiger partial charge is 0.230 e. The van der Waals surface area contributed by atoms with Crippen molar-refractivity contribution in [3.63, 3.8) is 0 Å². The highest BCUT2D eigenvalue weighted by Crippen LogP contribution is 2.36. The molecule has 3 heteroatoms. The first kappa shape index (κ1) is 12.7. The number of carbonyl (C=O) groups is 1. The standard InChI is InChI=1S/C16H22N2O/c1-2-17-13-7-5-9-18(11-13)16(19)15-10-12-6-3-4-8-14(12)15/h3-4,6,8,13,15,17H,2,5,7,9-11H2,1H3. The Morgan fingerprint density at radius 3 is 3.05 bits per heavy atom. The van der Waals surface area contributed by atoms with Crippen LogP contribution in [0.25, 0.3) is 0 Å². The van der Waals surface area contributed by atoms with Gasteiger partial charge >= 0.3 is 0 Å². The second-order valence-corrected chi connectivity index (χ2v) is 5.64. The number of likely N-dealkylation sites (N-methyl/N-ethyl adjacent to an activating group) is 1. The predicted molar refractivity (Wildman–Crippen MR) is 76.2 cm³/mol. The van der Waals surface area contributed by atoms with E-state index in [9.17, 15) is 4.79 Å². The Balaban J connectivity index is 1.65. The van der Waals surface area contributed by atoms with Crippen LogP contribution in [0.5, 0.6) is 0 Å². The van der Waals surface area contributed by atoms with Crippen molar-refractivity contribution in [1.29, 1.82) is 0 Å². The molecule has 1 aromatic rings. The van der Waals surface area contributed by atoms with Crippen LogP contribution in [0.4, 0.5) is 0 Å². The lowest BCUT2D eigenvalue weighted by Gasteiger charge is -2.38. The maximum absolute atomic E-state index is 12.6. The highest BCUT2D eigenvalue weighted by atomic mass is 16.2. The molecule has 1 amide bonds. The number of carbonyl (C=O) groups excluding carboxylic acids is 1. The molecule has 1 aliphatic heterocycles. The number of piperidine rings is 1. The number of fused-ring (bicyclic) bond motifs is 1. The van der Waals surface area contributed by atoms with Crippen molar-refractivity contribution < 1.29 is 4.79 Å². The minimum atomic E-state index is 0.122. The van der Waals surface area contributed by atoms with Crippen LogP contribution in [-0.2, 0) is 11.2 Å². The third-order valence-electron chi connectivity index (χ3n) is 4.38. The minimum Gasteiger partial charge on any atom is -0.341 e. The summed E-state index contributed by atoms with van der Waals surface area (Å²) in [4.78, 5) is 14.7. The molecule has 1 aliphatic carbocycles. The van der Waals surface area contributed by atoms with E-state index in [1.54, 1.807) is 0 Å². The van der Waals surface area contributed by atoms with Gasteiger partial charge in [0.1, 0.15) is 0 Å². The summed E-state index contributed by atoms with van der Waals surface area (Å²) in [6.07, 6.45) is 3.24. The summed E-state index contributed by atoms with van der Waals surface area (Å²) in [6, 6.07) is 8.82. The molecule has 19 heavy (non-hydrogen) atoms. The highest BCUT2D eigenvalue weighted by Gasteiger charge is 2.36. The molecule has 2 aliphatic rings. The van der Waals surface area contributed by atoms with Gasteiger partial charge in [-0.1, -0.05) is 31.2 Å². The second kappa shape index (κ2) is 5.33. The van der Waals surface area contributed by atoms with Crippen molar-refractivity contribution in [1.82, 2.24) is 10.2 Å². The van der Waals surface area contributed by atoms with E-state index in [0.29, 0.717) is 11.9 Å². The van der Waals surface area contributed by atoms with Gasteiger partial charge in [-0.25, -0.2) is 0 Å². The molecule has 3 rings (SSSR count). The van der Waals surface area contributed by atoms with Crippen LogP contribution >= 0.6 is 0 Å². The first-order valence-corrected chi connectivity index (χ1v) is 7.39. The maximum atomic E-state index is 12.6. The Morgan fingerprint density at radius 1 is 1.42 bits per heavy atom. The van der Waals surface area contributed by atoms with E-state index in [1.807, 2.05) is 6.07 Å². The Labute approximate surface area is 115 Å². The topological polar surface area (TPSA) is 32.3 Å². The third kappa shape index (κ3) is 2.39. The monoisotopic (exact) mass is 258 g/mol. The van der Waals surface area contributed by atoms with Crippen LogP contribution in [0, 0.1) is 0 Å². The van der Waals surface area contributed by atoms with E-state index in [1.165, 1.54) is 17.5 Å². The zero-order valence-electron chi connectivity index (χ0n) is 11.6. The zero-order valence-corrected chi connectivity index (χ0v) is 11.6. The fraction of sp³-hybridized carbons (Fsp3) is 0.562. The van der Waals surface area contributed by atoms with E-state index in [2.05, 4.69) is 35.3 Å². The van der Waals surface area contributed by atoms with Crippen LogP contribution in [0.2, 0.25) is 0 Å². The van der Waals surface area contributed by atoms with Crippen molar-refractivity contribution in [3.05, 3.63) is 35.4 Å². The number of hydrogen-bond acceptors (Lipinski definition) is 2. The van der Waals surface area contributed by atoms with Crippen molar-refractivity contribution >= 4 is 5.91 Å². The second-order valence-electron chi connectivity index (χ2n) is 5.64. The summed E-state index contributed by atoms with van der Waals surface area (Å²) in [7, 11) is 0. The third-order valence-corrected chi connectivity index (χ3v) is 4.38. The van der Waals surface area contributed by atoms with E-state index in [-0.39, 0.29) is 5.92 Å². The highest BCUT2D eigenvalue weighted by molar-refractivity contribution is 5.87. The van der Waals surface area contributed by atoms with Gasteiger partial charge in [-0.15, -0.1) is 0 Å². The number of rotatable bonds is 3. The summed E-state index contributed by atoms with van der Waals surface area (Å²) >= 11 is 0. The van der Waals surface area contributed by atoms with Crippen LogP contribution in [0.3, 0.4) is 0 Å². The van der Waals surface area contributed by atoms with Crippen LogP contribution in [-0.4, -0.2) is 36.5 Å². The first-order chi connectivity index (χ1) is 9.29. The van der Waals surface area contributed by atoms with E-state index < -0.39 is 0 Å². The summed E-state index contributed by atoms with van der Waals surface area (Å²) in [5, 5.41) is 3.47. The molecule has 102 valence electrons. The lowest BCUT2D eigenvalue weighted by molar-refractivity contribution is -0.134. The first-order valence-electron chi connectivity index (χ1n) is 7.39. The number of hydrogen-bond donors (Lipinski definition) is 1. The van der Waals surface area contributed by atoms with Gasteiger partial charge in [0.05, 0.1) is 5.92 Å². The summed E-state index contributed by atoms with van der Waals surface area (Å²) < 4.78 is 0. The number of benzene rings is 1. The molecule has 2 atom stereocenters. The molecule has 0 radical (unpaired) electrons. The van der Waals surface area contributed by atoms with E-state index in [0.717, 1.165) is 32.5 Å². The van der Waals surface area contributed by atoms with Gasteiger partial charge in [-0.2, -0.15) is 0 Å². The summed E-state index contributed by atoms with van der Waals surface area (Å²) in [5.74, 6) is 0.456. The van der Waals surface area contributed by atoms with Crippen molar-refractivity contribution in [3.8, 4) is 0 Å². The molecule has 1 N–H and O–H groups in total. The van der Waals surface area contributed by atoms with Crippen molar-refractivity contribution in [2.45, 2.75) is 38.1 Å². The zero-order chi connectivity index (χ0) is 13.2. The van der Waals surface area contributed by atoms with Gasteiger partial charge < -0.3 is 10.2 Å².